The molecule has 0 radical (unpaired) electrons. The first-order valence-electron chi connectivity index (χ1n) is 7.62. The molecule has 0 aliphatic rings. The summed E-state index contributed by atoms with van der Waals surface area (Å²) in [6.07, 6.45) is 0.848. The Labute approximate surface area is 146 Å². The maximum absolute atomic E-state index is 12.8. The average molecular weight is 385 g/mol. The number of amides is 1. The zero-order valence-corrected chi connectivity index (χ0v) is 15.8. The molecule has 0 bridgehead atoms. The molecule has 5 nitrogen and oxygen atoms in total. The number of rotatable bonds is 8. The second-order valence-corrected chi connectivity index (χ2v) is 6.76. The summed E-state index contributed by atoms with van der Waals surface area (Å²) < 4.78 is 5.63. The Balaban J connectivity index is 2.84. The fourth-order valence-electron chi connectivity index (χ4n) is 2.26. The van der Waals surface area contributed by atoms with E-state index < -0.39 is 0 Å². The second kappa shape index (κ2) is 9.67. The van der Waals surface area contributed by atoms with Crippen LogP contribution in [0.25, 0.3) is 0 Å². The Morgan fingerprint density at radius 3 is 2.52 bits per heavy atom. The van der Waals surface area contributed by atoms with Crippen molar-refractivity contribution < 1.29 is 14.3 Å². The highest BCUT2D eigenvalue weighted by atomic mass is 79.9. The maximum atomic E-state index is 12.8. The van der Waals surface area contributed by atoms with Crippen LogP contribution in [-0.2, 0) is 9.53 Å². The molecular weight excluding hydrogens is 360 g/mol. The molecule has 0 saturated carbocycles. The first-order chi connectivity index (χ1) is 10.8. The Bertz CT molecular complexity index is 534. The van der Waals surface area contributed by atoms with Gasteiger partial charge in [0.2, 0.25) is 0 Å². The summed E-state index contributed by atoms with van der Waals surface area (Å²) in [5.41, 5.74) is 0.612. The third kappa shape index (κ3) is 6.71. The lowest BCUT2D eigenvalue weighted by molar-refractivity contribution is -0.145. The third-order valence-corrected chi connectivity index (χ3v) is 3.98. The van der Waals surface area contributed by atoms with Gasteiger partial charge < -0.3 is 14.5 Å². The van der Waals surface area contributed by atoms with E-state index in [1.165, 1.54) is 7.11 Å². The maximum Gasteiger partial charge on any atom is 0.310 e. The summed E-state index contributed by atoms with van der Waals surface area (Å²) in [6.45, 7) is 3.62. The van der Waals surface area contributed by atoms with Gasteiger partial charge in [0.1, 0.15) is 0 Å². The van der Waals surface area contributed by atoms with Gasteiger partial charge >= 0.3 is 5.97 Å². The van der Waals surface area contributed by atoms with E-state index >= 15 is 0 Å². The van der Waals surface area contributed by atoms with Crippen molar-refractivity contribution in [2.75, 3.05) is 40.8 Å². The van der Waals surface area contributed by atoms with Crippen LogP contribution in [0.15, 0.2) is 28.7 Å². The summed E-state index contributed by atoms with van der Waals surface area (Å²) in [5.74, 6) is -0.721. The summed E-state index contributed by atoms with van der Waals surface area (Å²) in [7, 11) is 5.36. The van der Waals surface area contributed by atoms with E-state index in [-0.39, 0.29) is 17.8 Å². The standard InChI is InChI=1S/C17H25BrN2O3/c1-13(17(22)23-4)12-20(10-6-9-19(2)3)16(21)14-7-5-8-15(18)11-14/h5,7-8,11,13H,6,9-10,12H2,1-4H3. The topological polar surface area (TPSA) is 49.9 Å². The van der Waals surface area contributed by atoms with Crippen molar-refractivity contribution in [2.24, 2.45) is 5.92 Å². The largest absolute Gasteiger partial charge is 0.469 e. The third-order valence-electron chi connectivity index (χ3n) is 3.49. The van der Waals surface area contributed by atoms with Gasteiger partial charge in [-0.1, -0.05) is 28.9 Å². The van der Waals surface area contributed by atoms with Crippen LogP contribution in [-0.4, -0.2) is 62.5 Å². The van der Waals surface area contributed by atoms with Gasteiger partial charge in [-0.05, 0) is 45.3 Å². The first kappa shape index (κ1) is 19.6. The van der Waals surface area contributed by atoms with E-state index in [2.05, 4.69) is 20.8 Å². The summed E-state index contributed by atoms with van der Waals surface area (Å²) in [6, 6.07) is 7.29. The number of hydrogen-bond donors (Lipinski definition) is 0. The number of carbonyl (C=O) groups excluding carboxylic acids is 2. The molecule has 0 spiro atoms. The fourth-order valence-corrected chi connectivity index (χ4v) is 2.66. The number of nitrogens with zero attached hydrogens (tertiary/aromatic N) is 2. The highest BCUT2D eigenvalue weighted by Crippen LogP contribution is 2.15. The molecule has 0 fully saturated rings. The predicted molar refractivity (Wildman–Crippen MR) is 94.4 cm³/mol. The summed E-state index contributed by atoms with van der Waals surface area (Å²) in [5, 5.41) is 0. The lowest BCUT2D eigenvalue weighted by Crippen LogP contribution is -2.38. The van der Waals surface area contributed by atoms with E-state index in [0.29, 0.717) is 18.7 Å². The van der Waals surface area contributed by atoms with E-state index in [1.54, 1.807) is 24.0 Å². The van der Waals surface area contributed by atoms with E-state index in [0.717, 1.165) is 17.4 Å². The molecule has 0 aliphatic carbocycles. The lowest BCUT2D eigenvalue weighted by Gasteiger charge is -2.26. The zero-order chi connectivity index (χ0) is 17.4. The van der Waals surface area contributed by atoms with Gasteiger partial charge in [-0.2, -0.15) is 0 Å². The minimum atomic E-state index is -0.351. The number of methoxy groups -OCH3 is 1. The number of esters is 1. The molecule has 1 amide bonds. The fraction of sp³-hybridized carbons (Fsp3) is 0.529. The number of carbonyl (C=O) groups is 2. The molecule has 128 valence electrons. The number of ether oxygens (including phenoxy) is 1. The molecular formula is C17H25BrN2O3. The SMILES string of the molecule is COC(=O)C(C)CN(CCCN(C)C)C(=O)c1cccc(Br)c1. The minimum absolute atomic E-state index is 0.0687. The van der Waals surface area contributed by atoms with Crippen LogP contribution < -0.4 is 0 Å². The van der Waals surface area contributed by atoms with Crippen molar-refractivity contribution in [3.63, 3.8) is 0 Å². The van der Waals surface area contributed by atoms with Gasteiger partial charge in [0, 0.05) is 23.1 Å². The zero-order valence-electron chi connectivity index (χ0n) is 14.2. The molecule has 1 unspecified atom stereocenters. The highest BCUT2D eigenvalue weighted by molar-refractivity contribution is 9.10. The van der Waals surface area contributed by atoms with E-state index in [9.17, 15) is 9.59 Å². The van der Waals surface area contributed by atoms with E-state index in [4.69, 9.17) is 4.74 Å². The molecule has 1 aromatic carbocycles. The summed E-state index contributed by atoms with van der Waals surface area (Å²) >= 11 is 3.39. The van der Waals surface area contributed by atoms with Gasteiger partial charge in [0.25, 0.3) is 5.91 Å². The molecule has 0 heterocycles. The summed E-state index contributed by atoms with van der Waals surface area (Å²) in [4.78, 5) is 28.2. The molecule has 6 heteroatoms. The minimum Gasteiger partial charge on any atom is -0.469 e. The molecule has 0 saturated heterocycles. The van der Waals surface area contributed by atoms with Crippen LogP contribution >= 0.6 is 15.9 Å². The van der Waals surface area contributed by atoms with Gasteiger partial charge in [0.05, 0.1) is 13.0 Å². The predicted octanol–water partition coefficient (Wildman–Crippen LogP) is 2.65. The molecule has 1 rings (SSSR count). The Morgan fingerprint density at radius 2 is 1.96 bits per heavy atom. The number of halogens is 1. The number of benzene rings is 1. The van der Waals surface area contributed by atoms with Gasteiger partial charge in [-0.25, -0.2) is 0 Å². The smallest absolute Gasteiger partial charge is 0.310 e. The van der Waals surface area contributed by atoms with Crippen molar-refractivity contribution >= 4 is 27.8 Å². The van der Waals surface area contributed by atoms with Gasteiger partial charge in [-0.3, -0.25) is 9.59 Å². The Morgan fingerprint density at radius 1 is 1.26 bits per heavy atom. The molecule has 0 aromatic heterocycles. The van der Waals surface area contributed by atoms with Crippen LogP contribution in [0, 0.1) is 5.92 Å². The molecule has 0 N–H and O–H groups in total. The molecule has 1 atom stereocenters. The average Bonchev–Trinajstić information content (AvgIpc) is 2.51. The molecule has 23 heavy (non-hydrogen) atoms. The Kier molecular flexibility index (Phi) is 8.26. The second-order valence-electron chi connectivity index (χ2n) is 5.84. The van der Waals surface area contributed by atoms with Crippen LogP contribution in [0.2, 0.25) is 0 Å². The normalized spacial score (nSPS) is 12.1. The van der Waals surface area contributed by atoms with Crippen LogP contribution in [0.3, 0.4) is 0 Å². The molecule has 1 aromatic rings. The van der Waals surface area contributed by atoms with Crippen LogP contribution in [0.5, 0.6) is 0 Å². The lowest BCUT2D eigenvalue weighted by atomic mass is 10.1. The van der Waals surface area contributed by atoms with Crippen LogP contribution in [0.4, 0.5) is 0 Å². The number of hydrogen-bond acceptors (Lipinski definition) is 4. The van der Waals surface area contributed by atoms with Crippen molar-refractivity contribution in [3.8, 4) is 0 Å². The first-order valence-corrected chi connectivity index (χ1v) is 8.41. The van der Waals surface area contributed by atoms with Gasteiger partial charge in [0.15, 0.2) is 0 Å². The van der Waals surface area contributed by atoms with E-state index in [1.807, 2.05) is 26.2 Å². The van der Waals surface area contributed by atoms with Gasteiger partial charge in [-0.15, -0.1) is 0 Å². The molecule has 0 aliphatic heterocycles. The quantitative estimate of drug-likeness (QED) is 0.646. The highest BCUT2D eigenvalue weighted by Gasteiger charge is 2.22. The monoisotopic (exact) mass is 384 g/mol. The van der Waals surface area contributed by atoms with Crippen LogP contribution in [0.1, 0.15) is 23.7 Å². The Hall–Kier alpha value is -1.40. The van der Waals surface area contributed by atoms with Crippen molar-refractivity contribution in [1.82, 2.24) is 9.80 Å². The van der Waals surface area contributed by atoms with Crippen molar-refractivity contribution in [1.29, 1.82) is 0 Å². The van der Waals surface area contributed by atoms with Crippen molar-refractivity contribution in [2.45, 2.75) is 13.3 Å². The van der Waals surface area contributed by atoms with Crippen molar-refractivity contribution in [3.05, 3.63) is 34.3 Å².